The molecular weight excluding hydrogens is 168 g/mol. The third-order valence-corrected chi connectivity index (χ3v) is 4.77. The van der Waals surface area contributed by atoms with Crippen molar-refractivity contribution in [1.29, 1.82) is 0 Å². The molecule has 0 aromatic heterocycles. The van der Waals surface area contributed by atoms with Crippen LogP contribution in [0.5, 0.6) is 0 Å². The van der Waals surface area contributed by atoms with E-state index in [1.54, 1.807) is 0 Å². The first kappa shape index (κ1) is 10.5. The lowest BCUT2D eigenvalue weighted by molar-refractivity contribution is 0.0344. The lowest BCUT2D eigenvalue weighted by atomic mass is 9.59. The van der Waals surface area contributed by atoms with Crippen LogP contribution >= 0.6 is 0 Å². The minimum atomic E-state index is 0.552. The fraction of sp³-hybridized carbons (Fsp3) is 1.00. The molecule has 1 atom stereocenters. The molecule has 2 rings (SSSR count). The number of hydrogen-bond acceptors (Lipinski definition) is 0. The lowest BCUT2D eigenvalue weighted by Crippen LogP contribution is -2.37. The zero-order valence-corrected chi connectivity index (χ0v) is 10.8. The zero-order valence-electron chi connectivity index (χ0n) is 10.8. The first-order valence-electron chi connectivity index (χ1n) is 6.15. The van der Waals surface area contributed by atoms with Gasteiger partial charge < -0.3 is 0 Å². The lowest BCUT2D eigenvalue weighted by Gasteiger charge is -2.46. The molecule has 1 unspecified atom stereocenters. The van der Waals surface area contributed by atoms with E-state index in [0.717, 1.165) is 17.3 Å². The van der Waals surface area contributed by atoms with Crippen molar-refractivity contribution in [3.63, 3.8) is 0 Å². The minimum Gasteiger partial charge on any atom is -0.0599 e. The second-order valence-corrected chi connectivity index (χ2v) is 7.96. The molecule has 0 N–H and O–H groups in total. The summed E-state index contributed by atoms with van der Waals surface area (Å²) in [7, 11) is 0. The average molecular weight is 194 g/mol. The van der Waals surface area contributed by atoms with E-state index < -0.39 is 0 Å². The van der Waals surface area contributed by atoms with Crippen LogP contribution in [0.25, 0.3) is 0 Å². The minimum absolute atomic E-state index is 0.552. The summed E-state index contributed by atoms with van der Waals surface area (Å²) < 4.78 is 0. The van der Waals surface area contributed by atoms with Crippen LogP contribution < -0.4 is 0 Å². The Hall–Kier alpha value is 0. The van der Waals surface area contributed by atoms with Gasteiger partial charge in [0, 0.05) is 0 Å². The Balaban J connectivity index is 1.91. The standard InChI is InChI=1S/C14H26/c1-12(2,3)10-7-14(8-10)9-11(14)13(4,5)6/h10-11H,7-9H2,1-6H3. The van der Waals surface area contributed by atoms with Crippen LogP contribution in [0.15, 0.2) is 0 Å². The summed E-state index contributed by atoms with van der Waals surface area (Å²) in [5.41, 5.74) is 1.91. The van der Waals surface area contributed by atoms with E-state index in [1.807, 2.05) is 0 Å². The highest BCUT2D eigenvalue weighted by Gasteiger charge is 2.65. The average Bonchev–Trinajstić information content (AvgIpc) is 2.51. The van der Waals surface area contributed by atoms with Gasteiger partial charge in [0.2, 0.25) is 0 Å². The Bertz CT molecular complexity index is 230. The van der Waals surface area contributed by atoms with E-state index in [9.17, 15) is 0 Å². The van der Waals surface area contributed by atoms with Gasteiger partial charge in [-0.25, -0.2) is 0 Å². The van der Waals surface area contributed by atoms with E-state index in [-0.39, 0.29) is 0 Å². The topological polar surface area (TPSA) is 0 Å². The van der Waals surface area contributed by atoms with Gasteiger partial charge in [0.05, 0.1) is 0 Å². The summed E-state index contributed by atoms with van der Waals surface area (Å²) in [4.78, 5) is 0. The molecule has 0 amide bonds. The van der Waals surface area contributed by atoms with Crippen molar-refractivity contribution < 1.29 is 0 Å². The van der Waals surface area contributed by atoms with Crippen molar-refractivity contribution in [2.75, 3.05) is 0 Å². The third-order valence-electron chi connectivity index (χ3n) is 4.77. The van der Waals surface area contributed by atoms with Crippen LogP contribution in [0.4, 0.5) is 0 Å². The van der Waals surface area contributed by atoms with Crippen molar-refractivity contribution in [2.24, 2.45) is 28.1 Å². The van der Waals surface area contributed by atoms with Gasteiger partial charge in [-0.1, -0.05) is 41.5 Å². The Morgan fingerprint density at radius 2 is 1.29 bits per heavy atom. The first-order chi connectivity index (χ1) is 6.15. The van der Waals surface area contributed by atoms with Crippen LogP contribution in [0.1, 0.15) is 60.8 Å². The van der Waals surface area contributed by atoms with Crippen molar-refractivity contribution in [3.8, 4) is 0 Å². The van der Waals surface area contributed by atoms with E-state index >= 15 is 0 Å². The molecule has 14 heavy (non-hydrogen) atoms. The van der Waals surface area contributed by atoms with Crippen LogP contribution in [0.3, 0.4) is 0 Å². The van der Waals surface area contributed by atoms with Crippen molar-refractivity contribution in [1.82, 2.24) is 0 Å². The molecule has 82 valence electrons. The van der Waals surface area contributed by atoms with Crippen LogP contribution in [0.2, 0.25) is 0 Å². The SMILES string of the molecule is CC(C)(C)C1CC2(C1)CC2C(C)(C)C. The van der Waals surface area contributed by atoms with E-state index in [0.29, 0.717) is 10.8 Å². The first-order valence-corrected chi connectivity index (χ1v) is 6.15. The van der Waals surface area contributed by atoms with Crippen LogP contribution in [-0.4, -0.2) is 0 Å². The highest BCUT2D eigenvalue weighted by atomic mass is 14.7. The van der Waals surface area contributed by atoms with Crippen LogP contribution in [-0.2, 0) is 0 Å². The summed E-state index contributed by atoms with van der Waals surface area (Å²) in [6.07, 6.45) is 4.54. The molecule has 0 aliphatic heterocycles. The highest BCUT2D eigenvalue weighted by molar-refractivity contribution is 5.15. The van der Waals surface area contributed by atoms with E-state index in [4.69, 9.17) is 0 Å². The summed E-state index contributed by atoms with van der Waals surface area (Å²) in [5.74, 6) is 2.02. The molecule has 0 aromatic carbocycles. The normalized spacial score (nSPS) is 42.4. The summed E-state index contributed by atoms with van der Waals surface area (Å²) in [5, 5.41) is 0. The molecule has 0 saturated heterocycles. The molecule has 2 saturated carbocycles. The highest BCUT2D eigenvalue weighted by Crippen LogP contribution is 2.74. The molecule has 1 spiro atoms. The molecule has 0 radical (unpaired) electrons. The van der Waals surface area contributed by atoms with E-state index in [1.165, 1.54) is 19.3 Å². The molecule has 2 aliphatic carbocycles. The third kappa shape index (κ3) is 1.51. The monoisotopic (exact) mass is 194 g/mol. The van der Waals surface area contributed by atoms with Crippen molar-refractivity contribution in [2.45, 2.75) is 60.8 Å². The Labute approximate surface area is 89.5 Å². The van der Waals surface area contributed by atoms with Gasteiger partial charge >= 0.3 is 0 Å². The predicted molar refractivity (Wildman–Crippen MR) is 62.2 cm³/mol. The van der Waals surface area contributed by atoms with Crippen molar-refractivity contribution >= 4 is 0 Å². The summed E-state index contributed by atoms with van der Waals surface area (Å²) >= 11 is 0. The smallest absolute Gasteiger partial charge is 0.0255 e. The summed E-state index contributed by atoms with van der Waals surface area (Å²) in [6, 6.07) is 0. The predicted octanol–water partition coefficient (Wildman–Crippen LogP) is 4.49. The number of hydrogen-bond donors (Lipinski definition) is 0. The molecule has 0 bridgehead atoms. The number of rotatable bonds is 0. The summed E-state index contributed by atoms with van der Waals surface area (Å²) in [6.45, 7) is 14.4. The molecule has 2 aliphatic rings. The maximum absolute atomic E-state index is 2.41. The second kappa shape index (κ2) is 2.57. The van der Waals surface area contributed by atoms with Gasteiger partial charge in [0.25, 0.3) is 0 Å². The molecule has 0 heteroatoms. The van der Waals surface area contributed by atoms with E-state index in [2.05, 4.69) is 41.5 Å². The molecule has 2 fully saturated rings. The van der Waals surface area contributed by atoms with Crippen LogP contribution in [0, 0.1) is 28.1 Å². The van der Waals surface area contributed by atoms with Gasteiger partial charge in [0.15, 0.2) is 0 Å². The zero-order chi connectivity index (χ0) is 10.8. The second-order valence-electron chi connectivity index (χ2n) is 7.96. The molecule has 0 nitrogen and oxygen atoms in total. The van der Waals surface area contributed by atoms with Crippen molar-refractivity contribution in [3.05, 3.63) is 0 Å². The maximum atomic E-state index is 2.41. The fourth-order valence-electron chi connectivity index (χ4n) is 3.56. The van der Waals surface area contributed by atoms with Gasteiger partial charge in [-0.05, 0) is 47.3 Å². The van der Waals surface area contributed by atoms with Gasteiger partial charge in [0.1, 0.15) is 0 Å². The van der Waals surface area contributed by atoms with Gasteiger partial charge in [-0.3, -0.25) is 0 Å². The Morgan fingerprint density at radius 1 is 0.786 bits per heavy atom. The van der Waals surface area contributed by atoms with Gasteiger partial charge in [-0.2, -0.15) is 0 Å². The molecule has 0 aromatic rings. The Kier molecular flexibility index (Phi) is 1.93. The largest absolute Gasteiger partial charge is 0.0599 e. The molecule has 0 heterocycles. The van der Waals surface area contributed by atoms with Gasteiger partial charge in [-0.15, -0.1) is 0 Å². The molecular formula is C14H26. The maximum Gasteiger partial charge on any atom is -0.0255 e. The fourth-order valence-corrected chi connectivity index (χ4v) is 3.56. The Morgan fingerprint density at radius 3 is 1.57 bits per heavy atom. The quantitative estimate of drug-likeness (QED) is 0.533.